The number of methoxy groups -OCH3 is 1. The number of fused-ring (bicyclic) bond motifs is 1. The molecule has 0 aliphatic rings. The zero-order valence-corrected chi connectivity index (χ0v) is 13.7. The summed E-state index contributed by atoms with van der Waals surface area (Å²) >= 11 is 0. The number of nitrogens with zero attached hydrogens (tertiary/aromatic N) is 4. The van der Waals surface area contributed by atoms with Crippen LogP contribution in [0.5, 0.6) is 0 Å². The third kappa shape index (κ3) is 4.82. The van der Waals surface area contributed by atoms with E-state index in [0.29, 0.717) is 25.5 Å². The summed E-state index contributed by atoms with van der Waals surface area (Å²) in [5.41, 5.74) is 13.4. The van der Waals surface area contributed by atoms with Crippen LogP contribution in [-0.2, 0) is 15.9 Å². The SMILES string of the molecule is C=N/C(OCCCOC)=C(N)\N=C/Cc1ccc2nc(N)cn2c1. The van der Waals surface area contributed by atoms with E-state index in [1.807, 2.05) is 22.7 Å². The topological polar surface area (TPSA) is 113 Å². The van der Waals surface area contributed by atoms with Crippen molar-refractivity contribution in [1.82, 2.24) is 9.38 Å². The van der Waals surface area contributed by atoms with Crippen LogP contribution in [0.3, 0.4) is 0 Å². The Morgan fingerprint density at radius 2 is 2.21 bits per heavy atom. The third-order valence-corrected chi connectivity index (χ3v) is 3.18. The second-order valence-electron chi connectivity index (χ2n) is 5.03. The van der Waals surface area contributed by atoms with Crippen LogP contribution in [0.1, 0.15) is 12.0 Å². The van der Waals surface area contributed by atoms with Crippen LogP contribution < -0.4 is 11.5 Å². The minimum Gasteiger partial charge on any atom is -0.475 e. The van der Waals surface area contributed by atoms with Gasteiger partial charge in [-0.2, -0.15) is 0 Å². The molecule has 128 valence electrons. The van der Waals surface area contributed by atoms with Crippen molar-refractivity contribution in [2.24, 2.45) is 15.7 Å². The molecule has 8 heteroatoms. The minimum atomic E-state index is 0.190. The minimum absolute atomic E-state index is 0.190. The first-order chi connectivity index (χ1) is 11.6. The highest BCUT2D eigenvalue weighted by Crippen LogP contribution is 2.09. The van der Waals surface area contributed by atoms with Gasteiger partial charge in [-0.15, -0.1) is 0 Å². The van der Waals surface area contributed by atoms with E-state index in [1.165, 1.54) is 0 Å². The van der Waals surface area contributed by atoms with Crippen molar-refractivity contribution in [1.29, 1.82) is 0 Å². The van der Waals surface area contributed by atoms with Crippen LogP contribution in [0.25, 0.3) is 5.65 Å². The lowest BCUT2D eigenvalue weighted by Gasteiger charge is -2.06. The molecule has 0 aromatic carbocycles. The predicted octanol–water partition coefficient (Wildman–Crippen LogP) is 1.37. The van der Waals surface area contributed by atoms with E-state index in [2.05, 4.69) is 21.7 Å². The molecule has 0 bridgehead atoms. The van der Waals surface area contributed by atoms with Gasteiger partial charge >= 0.3 is 0 Å². The number of rotatable bonds is 9. The highest BCUT2D eigenvalue weighted by atomic mass is 16.5. The zero-order chi connectivity index (χ0) is 17.4. The van der Waals surface area contributed by atoms with E-state index in [0.717, 1.165) is 17.6 Å². The van der Waals surface area contributed by atoms with Crippen LogP contribution in [0.2, 0.25) is 0 Å². The first-order valence-corrected chi connectivity index (χ1v) is 7.48. The second kappa shape index (κ2) is 8.68. The molecule has 0 saturated carbocycles. The zero-order valence-electron chi connectivity index (χ0n) is 13.7. The molecule has 8 nitrogen and oxygen atoms in total. The number of anilines is 1. The molecule has 2 heterocycles. The van der Waals surface area contributed by atoms with Gasteiger partial charge in [0.25, 0.3) is 5.88 Å². The normalized spacial score (nSPS) is 12.5. The summed E-state index contributed by atoms with van der Waals surface area (Å²) in [4.78, 5) is 12.1. The quantitative estimate of drug-likeness (QED) is 0.409. The van der Waals surface area contributed by atoms with Gasteiger partial charge in [0.15, 0.2) is 5.82 Å². The maximum absolute atomic E-state index is 5.86. The number of pyridine rings is 1. The number of hydrogen-bond acceptors (Lipinski definition) is 7. The maximum Gasteiger partial charge on any atom is 0.256 e. The summed E-state index contributed by atoms with van der Waals surface area (Å²) in [7, 11) is 1.64. The Morgan fingerprint density at radius 3 is 2.96 bits per heavy atom. The van der Waals surface area contributed by atoms with Crippen molar-refractivity contribution >= 4 is 24.4 Å². The van der Waals surface area contributed by atoms with E-state index >= 15 is 0 Å². The molecule has 2 rings (SSSR count). The molecule has 4 N–H and O–H groups in total. The Labute approximate surface area is 140 Å². The van der Waals surface area contributed by atoms with Gasteiger partial charge in [-0.25, -0.2) is 15.0 Å². The largest absolute Gasteiger partial charge is 0.475 e. The lowest BCUT2D eigenvalue weighted by molar-refractivity contribution is 0.143. The fourth-order valence-electron chi connectivity index (χ4n) is 2.06. The van der Waals surface area contributed by atoms with Crippen LogP contribution in [0.4, 0.5) is 5.82 Å². The number of nitrogen functional groups attached to an aromatic ring is 1. The van der Waals surface area contributed by atoms with Crippen LogP contribution in [0.15, 0.2) is 46.2 Å². The fraction of sp³-hybridized carbons (Fsp3) is 0.312. The molecule has 2 aromatic heterocycles. The van der Waals surface area contributed by atoms with Crippen LogP contribution in [0, 0.1) is 0 Å². The van der Waals surface area contributed by atoms with Crippen LogP contribution >= 0.6 is 0 Å². The van der Waals surface area contributed by atoms with Gasteiger partial charge in [-0.3, -0.25) is 0 Å². The van der Waals surface area contributed by atoms with Crippen molar-refractivity contribution in [2.45, 2.75) is 12.8 Å². The number of nitrogens with two attached hydrogens (primary N) is 2. The van der Waals surface area contributed by atoms with E-state index in [9.17, 15) is 0 Å². The second-order valence-corrected chi connectivity index (χ2v) is 5.03. The Balaban J connectivity index is 1.96. The van der Waals surface area contributed by atoms with Crippen molar-refractivity contribution in [3.05, 3.63) is 41.8 Å². The number of aliphatic imine (C=N–C) groups is 2. The van der Waals surface area contributed by atoms with Crippen molar-refractivity contribution in [3.63, 3.8) is 0 Å². The molecule has 0 amide bonds. The molecule has 2 aromatic rings. The number of hydrogen-bond donors (Lipinski definition) is 2. The standard InChI is InChI=1S/C16H22N6O2/c1-19-16(24-9-3-8-23-2)15(18)20-7-6-12-4-5-14-21-13(17)11-22(14)10-12/h4-5,7,10-11H,1,3,6,8-9,17-18H2,2H3/b16-15+,20-7-. The van der Waals surface area contributed by atoms with Gasteiger partial charge in [0.1, 0.15) is 11.5 Å². The van der Waals surface area contributed by atoms with E-state index < -0.39 is 0 Å². The summed E-state index contributed by atoms with van der Waals surface area (Å²) in [6, 6.07) is 3.86. The van der Waals surface area contributed by atoms with E-state index in [4.69, 9.17) is 20.9 Å². The Hall–Kier alpha value is -2.87. The van der Waals surface area contributed by atoms with Gasteiger partial charge in [-0.05, 0) is 18.3 Å². The Bertz CT molecular complexity index is 750. The fourth-order valence-corrected chi connectivity index (χ4v) is 2.06. The lowest BCUT2D eigenvalue weighted by atomic mass is 10.2. The molecule has 0 aliphatic carbocycles. The summed E-state index contributed by atoms with van der Waals surface area (Å²) in [5.74, 6) is 0.899. The molecule has 0 unspecified atom stereocenters. The van der Waals surface area contributed by atoms with Crippen molar-refractivity contribution in [2.75, 3.05) is 26.1 Å². The maximum atomic E-state index is 5.86. The third-order valence-electron chi connectivity index (χ3n) is 3.18. The molecule has 0 spiro atoms. The molecule has 0 atom stereocenters. The molecule has 0 radical (unpaired) electrons. The van der Waals surface area contributed by atoms with Gasteiger partial charge in [0, 0.05) is 39.0 Å². The average Bonchev–Trinajstić information content (AvgIpc) is 2.94. The average molecular weight is 330 g/mol. The number of aromatic nitrogens is 2. The van der Waals surface area contributed by atoms with E-state index in [-0.39, 0.29) is 11.7 Å². The summed E-state index contributed by atoms with van der Waals surface area (Å²) < 4.78 is 12.2. The lowest BCUT2D eigenvalue weighted by Crippen LogP contribution is -2.05. The molecule has 0 aliphatic heterocycles. The molecular weight excluding hydrogens is 308 g/mol. The highest BCUT2D eigenvalue weighted by Gasteiger charge is 2.02. The van der Waals surface area contributed by atoms with Crippen LogP contribution in [-0.4, -0.2) is 42.6 Å². The van der Waals surface area contributed by atoms with Gasteiger partial charge in [0.2, 0.25) is 0 Å². The van der Waals surface area contributed by atoms with Gasteiger partial charge < -0.3 is 25.3 Å². The smallest absolute Gasteiger partial charge is 0.256 e. The highest BCUT2D eigenvalue weighted by molar-refractivity contribution is 5.63. The predicted molar refractivity (Wildman–Crippen MR) is 95.0 cm³/mol. The monoisotopic (exact) mass is 330 g/mol. The van der Waals surface area contributed by atoms with Gasteiger partial charge in [-0.1, -0.05) is 6.07 Å². The van der Waals surface area contributed by atoms with Gasteiger partial charge in [0.05, 0.1) is 12.8 Å². The molecule has 0 fully saturated rings. The summed E-state index contributed by atoms with van der Waals surface area (Å²) in [5, 5.41) is 0. The molecule has 24 heavy (non-hydrogen) atoms. The summed E-state index contributed by atoms with van der Waals surface area (Å²) in [6.45, 7) is 4.49. The summed E-state index contributed by atoms with van der Waals surface area (Å²) in [6.07, 6.45) is 6.74. The first kappa shape index (κ1) is 17.5. The van der Waals surface area contributed by atoms with E-state index in [1.54, 1.807) is 19.5 Å². The Morgan fingerprint density at radius 1 is 1.38 bits per heavy atom. The number of imidazole rings is 1. The molecule has 0 saturated heterocycles. The Kier molecular flexibility index (Phi) is 6.32. The number of ether oxygens (including phenoxy) is 2. The van der Waals surface area contributed by atoms with Crippen molar-refractivity contribution < 1.29 is 9.47 Å². The molecular formula is C16H22N6O2. The first-order valence-electron chi connectivity index (χ1n) is 7.48. The van der Waals surface area contributed by atoms with Crippen molar-refractivity contribution in [3.8, 4) is 0 Å².